The highest BCUT2D eigenvalue weighted by Gasteiger charge is 2.55. The molecule has 18 heavy (non-hydrogen) atoms. The quantitative estimate of drug-likeness (QED) is 0.355. The van der Waals surface area contributed by atoms with Crippen LogP contribution in [0.1, 0.15) is 6.23 Å². The largest absolute Gasteiger partial charge is 0.503 e. The van der Waals surface area contributed by atoms with E-state index in [0.29, 0.717) is 11.8 Å². The first-order chi connectivity index (χ1) is 8.74. The molecule has 1 saturated heterocycles. The summed E-state index contributed by atoms with van der Waals surface area (Å²) in [5, 5.41) is 21.8. The number of nitrogens with two attached hydrogens (primary N) is 1. The highest BCUT2D eigenvalue weighted by molar-refractivity contribution is 5.32. The summed E-state index contributed by atoms with van der Waals surface area (Å²) in [6.45, 7) is 0.0304. The Balaban J connectivity index is 1.87. The van der Waals surface area contributed by atoms with Gasteiger partial charge in [0.1, 0.15) is 18.4 Å². The minimum Gasteiger partial charge on any atom is -0.414 e. The summed E-state index contributed by atoms with van der Waals surface area (Å²) in [4.78, 5) is 4.21. The van der Waals surface area contributed by atoms with Crippen LogP contribution in [0.25, 0.3) is 0 Å². The molecule has 98 valence electrons. The average Bonchev–Trinajstić information content (AvgIpc) is 2.87. The first kappa shape index (κ1) is 11.6. The number of fused-ring (bicyclic) bond motifs is 3. The molecule has 0 aromatic carbocycles. The van der Waals surface area contributed by atoms with E-state index in [1.54, 1.807) is 16.8 Å². The van der Waals surface area contributed by atoms with Gasteiger partial charge < -0.3 is 30.7 Å². The second-order valence-corrected chi connectivity index (χ2v) is 4.20. The lowest BCUT2D eigenvalue weighted by molar-refractivity contribution is -0.746. The Hall–Kier alpha value is -1.48. The van der Waals surface area contributed by atoms with Crippen LogP contribution in [0.5, 0.6) is 6.01 Å². The van der Waals surface area contributed by atoms with Gasteiger partial charge in [0, 0.05) is 11.1 Å². The molecule has 0 aliphatic carbocycles. The molecular weight excluding hydrogens is 240 g/mol. The van der Waals surface area contributed by atoms with E-state index in [9.17, 15) is 5.11 Å². The lowest BCUT2D eigenvalue weighted by atomic mass is 10.1. The van der Waals surface area contributed by atoms with Gasteiger partial charge in [0.05, 0.1) is 13.3 Å². The van der Waals surface area contributed by atoms with Crippen molar-refractivity contribution in [3.05, 3.63) is 12.3 Å². The molecule has 1 fully saturated rings. The molecule has 8 heteroatoms. The number of aliphatic hydroxyl groups excluding tert-OH is 2. The summed E-state index contributed by atoms with van der Waals surface area (Å²) in [5.41, 5.74) is 5.36. The van der Waals surface area contributed by atoms with Crippen molar-refractivity contribution in [2.24, 2.45) is 5.73 Å². The fourth-order valence-corrected chi connectivity index (χ4v) is 2.24. The number of aliphatic hydroxyl groups is 2. The normalized spacial score (nSPS) is 32.8. The van der Waals surface area contributed by atoms with Gasteiger partial charge in [-0.1, -0.05) is 0 Å². The Morgan fingerprint density at radius 1 is 1.56 bits per heavy atom. The Kier molecular flexibility index (Phi) is 2.78. The molecule has 0 amide bonds. The predicted octanol–water partition coefficient (Wildman–Crippen LogP) is -2.29. The minimum atomic E-state index is -0.868. The summed E-state index contributed by atoms with van der Waals surface area (Å²) in [6.07, 6.45) is -0.734. The summed E-state index contributed by atoms with van der Waals surface area (Å²) >= 11 is 0. The third kappa shape index (κ3) is 1.62. The predicted molar refractivity (Wildman–Crippen MR) is 58.5 cm³/mol. The molecule has 3 rings (SSSR count). The second-order valence-electron chi connectivity index (χ2n) is 4.20. The lowest BCUT2D eigenvalue weighted by Gasteiger charge is -2.11. The van der Waals surface area contributed by atoms with E-state index in [1.165, 1.54) is 0 Å². The Morgan fingerprint density at radius 3 is 3.11 bits per heavy atom. The van der Waals surface area contributed by atoms with Crippen LogP contribution < -0.4 is 20.4 Å². The molecule has 3 heterocycles. The monoisotopic (exact) mass is 255 g/mol. The molecule has 2 aliphatic rings. The first-order valence-electron chi connectivity index (χ1n) is 5.71. The molecule has 0 saturated carbocycles. The SMILES string of the molecule is NCNc1cc[n+]2c(n1)O[C@H]1[C@H](O)[C@@H](CO)O[C@H]12. The van der Waals surface area contributed by atoms with Gasteiger partial charge in [-0.15, -0.1) is 0 Å². The second kappa shape index (κ2) is 4.32. The average molecular weight is 255 g/mol. The van der Waals surface area contributed by atoms with Crippen LogP contribution in [0.15, 0.2) is 12.3 Å². The third-order valence-corrected chi connectivity index (χ3v) is 3.12. The van der Waals surface area contributed by atoms with Crippen LogP contribution in [0.4, 0.5) is 5.82 Å². The van der Waals surface area contributed by atoms with Gasteiger partial charge in [-0.2, -0.15) is 4.57 Å². The van der Waals surface area contributed by atoms with E-state index in [1.807, 2.05) is 0 Å². The van der Waals surface area contributed by atoms with E-state index in [0.717, 1.165) is 0 Å². The molecule has 0 spiro atoms. The summed E-state index contributed by atoms with van der Waals surface area (Å²) in [5.74, 6) is 0.594. The first-order valence-corrected chi connectivity index (χ1v) is 5.71. The van der Waals surface area contributed by atoms with Crippen LogP contribution in [0.2, 0.25) is 0 Å². The molecule has 0 radical (unpaired) electrons. The van der Waals surface area contributed by atoms with Crippen molar-refractivity contribution in [3.63, 3.8) is 0 Å². The van der Waals surface area contributed by atoms with E-state index in [-0.39, 0.29) is 13.3 Å². The van der Waals surface area contributed by atoms with E-state index in [4.69, 9.17) is 20.3 Å². The topological polar surface area (TPSA) is 114 Å². The molecule has 1 aromatic heterocycles. The van der Waals surface area contributed by atoms with Crippen molar-refractivity contribution >= 4 is 5.82 Å². The molecule has 1 aromatic rings. The van der Waals surface area contributed by atoms with Crippen LogP contribution >= 0.6 is 0 Å². The molecule has 2 aliphatic heterocycles. The van der Waals surface area contributed by atoms with E-state index < -0.39 is 24.5 Å². The van der Waals surface area contributed by atoms with Gasteiger partial charge >= 0.3 is 6.01 Å². The van der Waals surface area contributed by atoms with Gasteiger partial charge in [-0.05, 0) is 0 Å². The molecule has 0 unspecified atom stereocenters. The minimum absolute atomic E-state index is 0.242. The fourth-order valence-electron chi connectivity index (χ4n) is 2.24. The number of nitrogens with one attached hydrogen (secondary N) is 1. The van der Waals surface area contributed by atoms with Crippen LogP contribution in [-0.4, -0.2) is 46.8 Å². The van der Waals surface area contributed by atoms with Crippen LogP contribution in [-0.2, 0) is 4.74 Å². The van der Waals surface area contributed by atoms with E-state index in [2.05, 4.69) is 10.3 Å². The number of hydrogen-bond acceptors (Lipinski definition) is 7. The number of anilines is 1. The highest BCUT2D eigenvalue weighted by Crippen LogP contribution is 2.33. The van der Waals surface area contributed by atoms with Gasteiger partial charge in [0.2, 0.25) is 18.1 Å². The number of nitrogens with zero attached hydrogens (tertiary/aromatic N) is 2. The lowest BCUT2D eigenvalue weighted by Crippen LogP contribution is -2.39. The van der Waals surface area contributed by atoms with Crippen molar-refractivity contribution < 1.29 is 24.3 Å². The third-order valence-electron chi connectivity index (χ3n) is 3.12. The van der Waals surface area contributed by atoms with Crippen molar-refractivity contribution in [3.8, 4) is 6.01 Å². The standard InChI is InChI=1S/C10H14N4O4/c11-4-12-6-1-2-14-9-8(18-10(14)13-6)7(16)5(3-15)17-9/h1-2,5,7-9,15-16H,3-4,11H2/p+1/t5-,7-,8+,9-/m1/s1. The van der Waals surface area contributed by atoms with Crippen molar-refractivity contribution in [2.75, 3.05) is 18.6 Å². The van der Waals surface area contributed by atoms with Gasteiger partial charge in [-0.3, -0.25) is 0 Å². The Morgan fingerprint density at radius 2 is 2.39 bits per heavy atom. The molecule has 5 N–H and O–H groups in total. The van der Waals surface area contributed by atoms with Crippen LogP contribution in [0, 0.1) is 0 Å². The maximum Gasteiger partial charge on any atom is 0.503 e. The highest BCUT2D eigenvalue weighted by atomic mass is 16.6. The summed E-state index contributed by atoms with van der Waals surface area (Å²) in [7, 11) is 0. The van der Waals surface area contributed by atoms with Crippen molar-refractivity contribution in [1.82, 2.24) is 4.98 Å². The number of rotatable bonds is 3. The number of aromatic nitrogens is 2. The van der Waals surface area contributed by atoms with Crippen molar-refractivity contribution in [1.29, 1.82) is 0 Å². The Bertz CT molecular complexity index is 458. The van der Waals surface area contributed by atoms with Crippen LogP contribution in [0.3, 0.4) is 0 Å². The maximum atomic E-state index is 9.92. The molecule has 0 bridgehead atoms. The van der Waals surface area contributed by atoms with Crippen molar-refractivity contribution in [2.45, 2.75) is 24.5 Å². The zero-order valence-electron chi connectivity index (χ0n) is 9.56. The Labute approximate surface area is 103 Å². The van der Waals surface area contributed by atoms with Gasteiger partial charge in [0.25, 0.3) is 0 Å². The fraction of sp³-hybridized carbons (Fsp3) is 0.600. The zero-order valence-corrected chi connectivity index (χ0v) is 9.56. The molecule has 4 atom stereocenters. The summed E-state index contributed by atoms with van der Waals surface area (Å²) < 4.78 is 12.8. The van der Waals surface area contributed by atoms with Gasteiger partial charge in [-0.25, -0.2) is 0 Å². The summed E-state index contributed by atoms with van der Waals surface area (Å²) in [6, 6.07) is 2.10. The molecule has 8 nitrogen and oxygen atoms in total. The smallest absolute Gasteiger partial charge is 0.414 e. The zero-order chi connectivity index (χ0) is 12.7. The van der Waals surface area contributed by atoms with Gasteiger partial charge in [0.15, 0.2) is 0 Å². The molecular formula is C10H15N4O4+. The van der Waals surface area contributed by atoms with E-state index >= 15 is 0 Å². The maximum absolute atomic E-state index is 9.92. The number of ether oxygens (including phenoxy) is 2. The number of hydrogen-bond donors (Lipinski definition) is 4.